The van der Waals surface area contributed by atoms with Gasteiger partial charge in [-0.05, 0) is 23.9 Å². The lowest BCUT2D eigenvalue weighted by molar-refractivity contribution is 0.100. The summed E-state index contributed by atoms with van der Waals surface area (Å²) < 4.78 is 2.33. The van der Waals surface area contributed by atoms with Gasteiger partial charge in [0, 0.05) is 17.6 Å². The summed E-state index contributed by atoms with van der Waals surface area (Å²) >= 11 is 0. The van der Waals surface area contributed by atoms with E-state index in [1.807, 2.05) is 72.8 Å². The van der Waals surface area contributed by atoms with Crippen molar-refractivity contribution in [1.29, 1.82) is 0 Å². The minimum Gasteiger partial charge on any atom is -0.384 e. The topological polar surface area (TPSA) is 99.1 Å². The monoisotopic (exact) mass is 428 g/mol. The molecule has 1 heterocycles. The van der Waals surface area contributed by atoms with Crippen molar-refractivity contribution in [1.82, 2.24) is 9.13 Å². The Hall–Kier alpha value is -4.13. The Labute approximate surface area is 184 Å². The second-order valence-corrected chi connectivity index (χ2v) is 7.47. The quantitative estimate of drug-likeness (QED) is 0.441. The van der Waals surface area contributed by atoms with Gasteiger partial charge in [-0.15, -0.1) is 0 Å². The Morgan fingerprint density at radius 1 is 0.906 bits per heavy atom. The standard InChI is InChI=1S/C25H24N4O3/c1-2-28-24(31)22(23(26)29(25(28)32)16-17-9-4-3-5-10-17)21(30)15-27-20-14-8-12-18-11-6-7-13-19(18)20/h3-14,27H,2,15-16,26H2,1H3. The highest BCUT2D eigenvalue weighted by Gasteiger charge is 2.22. The van der Waals surface area contributed by atoms with Crippen molar-refractivity contribution in [3.63, 3.8) is 0 Å². The molecule has 4 aromatic rings. The van der Waals surface area contributed by atoms with Crippen LogP contribution < -0.4 is 22.3 Å². The average Bonchev–Trinajstić information content (AvgIpc) is 2.81. The molecule has 0 spiro atoms. The third kappa shape index (κ3) is 3.92. The van der Waals surface area contributed by atoms with Crippen molar-refractivity contribution in [3.05, 3.63) is 105 Å². The molecule has 0 aliphatic heterocycles. The second kappa shape index (κ2) is 8.93. The van der Waals surface area contributed by atoms with Crippen LogP contribution in [0.25, 0.3) is 10.8 Å². The number of hydrogen-bond acceptors (Lipinski definition) is 5. The average molecular weight is 428 g/mol. The minimum atomic E-state index is -0.663. The zero-order valence-corrected chi connectivity index (χ0v) is 17.7. The maximum absolute atomic E-state index is 13.1. The second-order valence-electron chi connectivity index (χ2n) is 7.47. The number of rotatable bonds is 7. The van der Waals surface area contributed by atoms with Gasteiger partial charge in [0.05, 0.1) is 13.1 Å². The summed E-state index contributed by atoms with van der Waals surface area (Å²) in [5.74, 6) is -0.581. The molecule has 0 bridgehead atoms. The van der Waals surface area contributed by atoms with E-state index in [1.165, 1.54) is 4.57 Å². The number of nitrogen functional groups attached to an aromatic ring is 1. The highest BCUT2D eigenvalue weighted by Crippen LogP contribution is 2.23. The van der Waals surface area contributed by atoms with Crippen molar-refractivity contribution in [3.8, 4) is 0 Å². The van der Waals surface area contributed by atoms with E-state index in [0.29, 0.717) is 0 Å². The van der Waals surface area contributed by atoms with Crippen LogP contribution in [0.3, 0.4) is 0 Å². The van der Waals surface area contributed by atoms with Gasteiger partial charge in [0.25, 0.3) is 5.56 Å². The van der Waals surface area contributed by atoms with Crippen molar-refractivity contribution in [2.45, 2.75) is 20.0 Å². The Bertz CT molecular complexity index is 1400. The number of nitrogens with two attached hydrogens (primary N) is 1. The molecule has 3 N–H and O–H groups in total. The predicted octanol–water partition coefficient (Wildman–Crippen LogP) is 3.11. The Morgan fingerprint density at radius 3 is 2.34 bits per heavy atom. The molecule has 4 rings (SSSR count). The highest BCUT2D eigenvalue weighted by molar-refractivity contribution is 6.03. The predicted molar refractivity (Wildman–Crippen MR) is 127 cm³/mol. The maximum Gasteiger partial charge on any atom is 0.332 e. The molecule has 0 radical (unpaired) electrons. The summed E-state index contributed by atoms with van der Waals surface area (Å²) in [5.41, 5.74) is 6.48. The number of Topliss-reactive ketones (excluding diaryl/α,β-unsaturated/α-hetero) is 1. The summed E-state index contributed by atoms with van der Waals surface area (Å²) in [6.45, 7) is 1.88. The van der Waals surface area contributed by atoms with E-state index in [2.05, 4.69) is 5.32 Å². The van der Waals surface area contributed by atoms with Crippen LogP contribution in [0.2, 0.25) is 0 Å². The van der Waals surface area contributed by atoms with Gasteiger partial charge in [0.1, 0.15) is 11.4 Å². The number of aromatic nitrogens is 2. The van der Waals surface area contributed by atoms with Crippen molar-refractivity contribution >= 4 is 28.1 Å². The van der Waals surface area contributed by atoms with Crippen LogP contribution in [0.1, 0.15) is 22.8 Å². The lowest BCUT2D eigenvalue weighted by Crippen LogP contribution is -2.44. The van der Waals surface area contributed by atoms with Crippen LogP contribution in [-0.2, 0) is 13.1 Å². The minimum absolute atomic E-state index is 0.113. The van der Waals surface area contributed by atoms with Crippen molar-refractivity contribution < 1.29 is 4.79 Å². The number of ketones is 1. The van der Waals surface area contributed by atoms with Crippen molar-refractivity contribution in [2.75, 3.05) is 17.6 Å². The lowest BCUT2D eigenvalue weighted by Gasteiger charge is -2.16. The molecule has 32 heavy (non-hydrogen) atoms. The summed E-state index contributed by atoms with van der Waals surface area (Å²) in [6, 6.07) is 22.9. The molecular formula is C25H24N4O3. The molecule has 0 atom stereocenters. The molecule has 0 saturated carbocycles. The van der Waals surface area contributed by atoms with E-state index in [1.54, 1.807) is 6.92 Å². The van der Waals surface area contributed by atoms with Gasteiger partial charge in [-0.3, -0.25) is 18.7 Å². The first kappa shape index (κ1) is 21.1. The molecule has 0 aliphatic carbocycles. The first-order valence-corrected chi connectivity index (χ1v) is 10.4. The van der Waals surface area contributed by atoms with Crippen LogP contribution in [0, 0.1) is 0 Å². The molecule has 0 amide bonds. The van der Waals surface area contributed by atoms with Crippen LogP contribution in [-0.4, -0.2) is 21.5 Å². The van der Waals surface area contributed by atoms with E-state index in [-0.39, 0.29) is 31.0 Å². The Kier molecular flexibility index (Phi) is 5.89. The number of nitrogens with zero attached hydrogens (tertiary/aromatic N) is 2. The van der Waals surface area contributed by atoms with Crippen LogP contribution in [0.15, 0.2) is 82.4 Å². The molecular weight excluding hydrogens is 404 g/mol. The Balaban J connectivity index is 1.70. The molecule has 162 valence electrons. The maximum atomic E-state index is 13.1. The van der Waals surface area contributed by atoms with E-state index >= 15 is 0 Å². The van der Waals surface area contributed by atoms with Crippen molar-refractivity contribution in [2.24, 2.45) is 0 Å². The van der Waals surface area contributed by atoms with Gasteiger partial charge in [-0.1, -0.05) is 66.7 Å². The molecule has 7 nitrogen and oxygen atoms in total. The fraction of sp³-hybridized carbons (Fsp3) is 0.160. The number of hydrogen-bond donors (Lipinski definition) is 2. The molecule has 1 aromatic heterocycles. The van der Waals surface area contributed by atoms with E-state index < -0.39 is 17.0 Å². The summed E-state index contributed by atoms with van der Waals surface area (Å²) in [5, 5.41) is 5.13. The number of nitrogens with one attached hydrogen (secondary N) is 1. The highest BCUT2D eigenvalue weighted by atomic mass is 16.2. The summed E-state index contributed by atoms with van der Waals surface area (Å²) in [6.07, 6.45) is 0. The zero-order valence-electron chi connectivity index (χ0n) is 17.7. The summed E-state index contributed by atoms with van der Waals surface area (Å²) in [7, 11) is 0. The third-order valence-electron chi connectivity index (χ3n) is 5.48. The molecule has 0 aliphatic rings. The summed E-state index contributed by atoms with van der Waals surface area (Å²) in [4.78, 5) is 38.9. The van der Waals surface area contributed by atoms with Gasteiger partial charge < -0.3 is 11.1 Å². The molecule has 7 heteroatoms. The van der Waals surface area contributed by atoms with Gasteiger partial charge in [0.15, 0.2) is 5.78 Å². The SMILES string of the molecule is CCn1c(=O)c(C(=O)CNc2cccc3ccccc23)c(N)n(Cc2ccccc2)c1=O. The number of carbonyl (C=O) groups excluding carboxylic acids is 1. The van der Waals surface area contributed by atoms with E-state index in [4.69, 9.17) is 5.73 Å². The van der Waals surface area contributed by atoms with Gasteiger partial charge in [-0.2, -0.15) is 0 Å². The first-order valence-electron chi connectivity index (χ1n) is 10.4. The van der Waals surface area contributed by atoms with Crippen LogP contribution in [0.4, 0.5) is 11.5 Å². The van der Waals surface area contributed by atoms with Crippen LogP contribution >= 0.6 is 0 Å². The van der Waals surface area contributed by atoms with Gasteiger partial charge in [0.2, 0.25) is 0 Å². The van der Waals surface area contributed by atoms with Crippen LogP contribution in [0.5, 0.6) is 0 Å². The zero-order chi connectivity index (χ0) is 22.7. The smallest absolute Gasteiger partial charge is 0.332 e. The Morgan fingerprint density at radius 2 is 1.59 bits per heavy atom. The lowest BCUT2D eigenvalue weighted by atomic mass is 10.1. The molecule has 0 fully saturated rings. The number of anilines is 2. The number of benzene rings is 3. The first-order chi connectivity index (χ1) is 15.5. The fourth-order valence-electron chi connectivity index (χ4n) is 3.82. The van der Waals surface area contributed by atoms with Gasteiger partial charge >= 0.3 is 5.69 Å². The largest absolute Gasteiger partial charge is 0.384 e. The number of fused-ring (bicyclic) bond motifs is 1. The van der Waals surface area contributed by atoms with Gasteiger partial charge in [-0.25, -0.2) is 4.79 Å². The third-order valence-corrected chi connectivity index (χ3v) is 5.48. The molecule has 3 aromatic carbocycles. The number of carbonyl (C=O) groups is 1. The fourth-order valence-corrected chi connectivity index (χ4v) is 3.82. The van der Waals surface area contributed by atoms with E-state index in [0.717, 1.165) is 26.6 Å². The normalized spacial score (nSPS) is 10.9. The molecule has 0 unspecified atom stereocenters. The van der Waals surface area contributed by atoms with E-state index in [9.17, 15) is 14.4 Å². The molecule has 0 saturated heterocycles.